The summed E-state index contributed by atoms with van der Waals surface area (Å²) in [7, 11) is 0. The Morgan fingerprint density at radius 1 is 1.19 bits per heavy atom. The summed E-state index contributed by atoms with van der Waals surface area (Å²) in [4.78, 5) is 10.6. The topological polar surface area (TPSA) is 49.2 Å². The molecule has 2 fully saturated rings. The lowest BCUT2D eigenvalue weighted by Crippen LogP contribution is -2.23. The maximum Gasteiger partial charge on any atom is 0.147 e. The van der Waals surface area contributed by atoms with Gasteiger partial charge >= 0.3 is 0 Å². The third-order valence-electron chi connectivity index (χ3n) is 3.66. The van der Waals surface area contributed by atoms with Crippen LogP contribution in [0.5, 0.6) is 0 Å². The molecule has 1 aliphatic carbocycles. The highest BCUT2D eigenvalue weighted by Crippen LogP contribution is 2.39. The van der Waals surface area contributed by atoms with Crippen molar-refractivity contribution in [1.82, 2.24) is 9.97 Å². The summed E-state index contributed by atoms with van der Waals surface area (Å²) < 4.78 is 0. The molecule has 0 aromatic carbocycles. The van der Waals surface area contributed by atoms with E-state index in [0.29, 0.717) is 17.0 Å². The molecular weight excluding hydrogens is 226 g/mol. The van der Waals surface area contributed by atoms with Crippen molar-refractivity contribution in [3.05, 3.63) is 17.5 Å². The minimum atomic E-state index is -0.0894. The largest absolute Gasteiger partial charge is 0.393 e. The Bertz CT molecular complexity index is 369. The summed E-state index contributed by atoms with van der Waals surface area (Å²) in [6.07, 6.45) is 5.08. The standard InChI is InChI=1S/C11H14ClN3O/c12-10-3-14-11(4-13-10)15-5-7-1-9(16)2-8(7)6-15/h3-4,7-9,16H,1-2,5-6H2/t7-,8-/m0/s1. The third-order valence-corrected chi connectivity index (χ3v) is 3.85. The van der Waals surface area contributed by atoms with Gasteiger partial charge in [0, 0.05) is 13.1 Å². The molecule has 4 nitrogen and oxygen atoms in total. The number of fused-ring (bicyclic) bond motifs is 1. The van der Waals surface area contributed by atoms with Gasteiger partial charge in [-0.2, -0.15) is 0 Å². The van der Waals surface area contributed by atoms with Crippen molar-refractivity contribution in [3.8, 4) is 0 Å². The average Bonchev–Trinajstić information content (AvgIpc) is 2.75. The Balaban J connectivity index is 1.73. The maximum absolute atomic E-state index is 9.56. The fourth-order valence-corrected chi connectivity index (χ4v) is 3.02. The van der Waals surface area contributed by atoms with Crippen LogP contribution in [0, 0.1) is 11.8 Å². The quantitative estimate of drug-likeness (QED) is 0.804. The molecule has 2 heterocycles. The van der Waals surface area contributed by atoms with Crippen LogP contribution in [0.15, 0.2) is 12.4 Å². The Morgan fingerprint density at radius 3 is 2.44 bits per heavy atom. The average molecular weight is 240 g/mol. The number of halogens is 1. The first kappa shape index (κ1) is 10.3. The first-order chi connectivity index (χ1) is 7.72. The highest BCUT2D eigenvalue weighted by Gasteiger charge is 2.40. The summed E-state index contributed by atoms with van der Waals surface area (Å²) in [5, 5.41) is 9.99. The van der Waals surface area contributed by atoms with Gasteiger partial charge in [-0.15, -0.1) is 0 Å². The first-order valence-corrected chi connectivity index (χ1v) is 6.00. The maximum atomic E-state index is 9.56. The Morgan fingerprint density at radius 2 is 1.88 bits per heavy atom. The van der Waals surface area contributed by atoms with E-state index in [-0.39, 0.29) is 6.10 Å². The number of aromatic nitrogens is 2. The van der Waals surface area contributed by atoms with Crippen molar-refractivity contribution in [2.75, 3.05) is 18.0 Å². The van der Waals surface area contributed by atoms with Crippen molar-refractivity contribution >= 4 is 17.4 Å². The molecule has 86 valence electrons. The highest BCUT2D eigenvalue weighted by atomic mass is 35.5. The van der Waals surface area contributed by atoms with E-state index in [2.05, 4.69) is 14.9 Å². The lowest BCUT2D eigenvalue weighted by atomic mass is 10.0. The molecule has 16 heavy (non-hydrogen) atoms. The summed E-state index contributed by atoms with van der Waals surface area (Å²) in [5.74, 6) is 2.13. The second-order valence-electron chi connectivity index (χ2n) is 4.75. The van der Waals surface area contributed by atoms with Gasteiger partial charge in [-0.05, 0) is 24.7 Å². The van der Waals surface area contributed by atoms with Gasteiger partial charge in [-0.3, -0.25) is 0 Å². The molecule has 1 saturated heterocycles. The van der Waals surface area contributed by atoms with E-state index in [0.717, 1.165) is 31.7 Å². The van der Waals surface area contributed by atoms with Gasteiger partial charge in [-0.1, -0.05) is 11.6 Å². The van der Waals surface area contributed by atoms with Gasteiger partial charge in [-0.25, -0.2) is 9.97 Å². The molecule has 0 spiro atoms. The summed E-state index contributed by atoms with van der Waals surface area (Å²) in [6, 6.07) is 0. The van der Waals surface area contributed by atoms with Gasteiger partial charge in [0.1, 0.15) is 11.0 Å². The highest BCUT2D eigenvalue weighted by molar-refractivity contribution is 6.29. The molecule has 0 unspecified atom stereocenters. The van der Waals surface area contributed by atoms with Crippen LogP contribution < -0.4 is 4.90 Å². The Labute approximate surface area is 99.3 Å². The van der Waals surface area contributed by atoms with E-state index in [1.54, 1.807) is 12.4 Å². The Kier molecular flexibility index (Phi) is 2.48. The second kappa shape index (κ2) is 3.86. The number of aliphatic hydroxyl groups is 1. The molecule has 0 amide bonds. The molecule has 1 saturated carbocycles. The molecule has 0 radical (unpaired) electrons. The number of anilines is 1. The second-order valence-corrected chi connectivity index (χ2v) is 5.13. The van der Waals surface area contributed by atoms with Crippen LogP contribution in [0.2, 0.25) is 5.15 Å². The van der Waals surface area contributed by atoms with Crippen LogP contribution in [-0.2, 0) is 0 Å². The monoisotopic (exact) mass is 239 g/mol. The minimum absolute atomic E-state index is 0.0894. The molecular formula is C11H14ClN3O. The van der Waals surface area contributed by atoms with Gasteiger partial charge in [0.05, 0.1) is 18.5 Å². The number of hydrogen-bond acceptors (Lipinski definition) is 4. The van der Waals surface area contributed by atoms with Crippen molar-refractivity contribution < 1.29 is 5.11 Å². The zero-order valence-corrected chi connectivity index (χ0v) is 9.64. The van der Waals surface area contributed by atoms with Crippen LogP contribution in [0.3, 0.4) is 0 Å². The molecule has 1 aliphatic heterocycles. The van der Waals surface area contributed by atoms with E-state index in [1.165, 1.54) is 0 Å². The molecule has 1 aromatic rings. The van der Waals surface area contributed by atoms with Crippen LogP contribution >= 0.6 is 11.6 Å². The SMILES string of the molecule is OC1C[C@H]2CN(c3cnc(Cl)cn3)C[C@@H]2C1. The zero-order chi connectivity index (χ0) is 11.1. The van der Waals surface area contributed by atoms with E-state index in [9.17, 15) is 5.11 Å². The molecule has 3 rings (SSSR count). The number of nitrogens with zero attached hydrogens (tertiary/aromatic N) is 3. The van der Waals surface area contributed by atoms with Crippen LogP contribution in [0.25, 0.3) is 0 Å². The number of hydrogen-bond donors (Lipinski definition) is 1. The van der Waals surface area contributed by atoms with Crippen molar-refractivity contribution in [2.24, 2.45) is 11.8 Å². The predicted octanol–water partition coefficient (Wildman–Crippen LogP) is 1.34. The fourth-order valence-electron chi connectivity index (χ4n) is 2.92. The first-order valence-electron chi connectivity index (χ1n) is 5.63. The van der Waals surface area contributed by atoms with E-state index in [4.69, 9.17) is 11.6 Å². The lowest BCUT2D eigenvalue weighted by molar-refractivity contribution is 0.174. The Hall–Kier alpha value is -0.870. The van der Waals surface area contributed by atoms with Crippen molar-refractivity contribution in [1.29, 1.82) is 0 Å². The minimum Gasteiger partial charge on any atom is -0.393 e. The van der Waals surface area contributed by atoms with Gasteiger partial charge in [0.25, 0.3) is 0 Å². The van der Waals surface area contributed by atoms with Gasteiger partial charge in [0.2, 0.25) is 0 Å². The zero-order valence-electron chi connectivity index (χ0n) is 8.88. The molecule has 5 heteroatoms. The predicted molar refractivity (Wildman–Crippen MR) is 61.5 cm³/mol. The summed E-state index contributed by atoms with van der Waals surface area (Å²) in [5.41, 5.74) is 0. The third kappa shape index (κ3) is 1.76. The molecule has 1 N–H and O–H groups in total. The lowest BCUT2D eigenvalue weighted by Gasteiger charge is -2.18. The summed E-state index contributed by atoms with van der Waals surface area (Å²) >= 11 is 5.71. The molecule has 2 atom stereocenters. The smallest absolute Gasteiger partial charge is 0.147 e. The molecule has 0 bridgehead atoms. The van der Waals surface area contributed by atoms with E-state index >= 15 is 0 Å². The van der Waals surface area contributed by atoms with Crippen molar-refractivity contribution in [3.63, 3.8) is 0 Å². The summed E-state index contributed by atoms with van der Waals surface area (Å²) in [6.45, 7) is 1.97. The van der Waals surface area contributed by atoms with E-state index in [1.807, 2.05) is 0 Å². The van der Waals surface area contributed by atoms with Gasteiger partial charge in [0.15, 0.2) is 0 Å². The number of aliphatic hydroxyl groups excluding tert-OH is 1. The fraction of sp³-hybridized carbons (Fsp3) is 0.636. The molecule has 2 aliphatic rings. The normalized spacial score (nSPS) is 29.8. The van der Waals surface area contributed by atoms with Crippen molar-refractivity contribution in [2.45, 2.75) is 18.9 Å². The van der Waals surface area contributed by atoms with Gasteiger partial charge < -0.3 is 10.0 Å². The van der Waals surface area contributed by atoms with Crippen LogP contribution in [0.4, 0.5) is 5.82 Å². The van der Waals surface area contributed by atoms with E-state index < -0.39 is 0 Å². The molecule has 1 aromatic heterocycles. The van der Waals surface area contributed by atoms with Crippen LogP contribution in [-0.4, -0.2) is 34.3 Å². The number of rotatable bonds is 1. The van der Waals surface area contributed by atoms with Crippen LogP contribution in [0.1, 0.15) is 12.8 Å².